The Labute approximate surface area is 350 Å². The van der Waals surface area contributed by atoms with Gasteiger partial charge in [0.2, 0.25) is 29.5 Å². The number of aryl methyl sites for hydroxylation is 2. The number of nitrogen functional groups attached to an aromatic ring is 1. The Morgan fingerprint density at radius 3 is 2.68 bits per heavy atom. The molecule has 5 aromatic rings. The van der Waals surface area contributed by atoms with E-state index in [9.17, 15) is 19.6 Å². The molecule has 4 aromatic heterocycles. The first-order valence-electron chi connectivity index (χ1n) is 20.4. The molecule has 1 aliphatic carbocycles. The van der Waals surface area contributed by atoms with E-state index in [1.54, 1.807) is 37.5 Å². The number of nitrogens with zero attached hydrogens (tertiary/aromatic N) is 9. The van der Waals surface area contributed by atoms with Gasteiger partial charge in [-0.2, -0.15) is 10.2 Å². The van der Waals surface area contributed by atoms with E-state index in [0.29, 0.717) is 83.7 Å². The van der Waals surface area contributed by atoms with Crippen LogP contribution >= 0.6 is 11.3 Å². The molecule has 2 fully saturated rings. The zero-order chi connectivity index (χ0) is 42.0. The summed E-state index contributed by atoms with van der Waals surface area (Å²) in [5, 5.41) is 17.1. The highest BCUT2D eigenvalue weighted by Gasteiger charge is 2.43. The molecule has 2 saturated heterocycles. The number of thiophene rings is 1. The summed E-state index contributed by atoms with van der Waals surface area (Å²) in [6.45, 7) is 9.69. The molecule has 2 amide bonds. The number of aromatic nitrogens is 6. The second-order valence-corrected chi connectivity index (χ2v) is 16.8. The number of carbonyl (C=O) groups excluding carboxylic acids is 2. The standard InChI is InChI=1S/C41H49N11O7S/c1-25-24-50(16-17-56-18-19-57-20-21-58-26-7-8-29-31(22-26)49(3)40(55)52(29)30-9-10-33(53)46-37(30)54)14-5-15-51(25)39-44-13-11-28(45-39)36-47-38(59-48-36)41(2)12-4-6-32-34(41)27(23-42)35(43)60-32/h7-8,11,13,22,25,30H,4-6,9-10,12,14-21,24,43H2,1-3H3,(H,46,53,54)/t25-,30?,41+/m0/s1. The topological polar surface area (TPSA) is 222 Å². The average Bonchev–Trinajstić information content (AvgIpc) is 3.89. The molecule has 19 heteroatoms. The lowest BCUT2D eigenvalue weighted by molar-refractivity contribution is -0.135. The molecule has 6 heterocycles. The number of rotatable bonds is 14. The van der Waals surface area contributed by atoms with Crippen LogP contribution in [0.1, 0.15) is 73.9 Å². The van der Waals surface area contributed by atoms with Gasteiger partial charge in [-0.15, -0.1) is 11.3 Å². The van der Waals surface area contributed by atoms with E-state index < -0.39 is 17.4 Å². The summed E-state index contributed by atoms with van der Waals surface area (Å²) < 4.78 is 26.3. The smallest absolute Gasteiger partial charge is 0.329 e. The maximum atomic E-state index is 13.0. The lowest BCUT2D eigenvalue weighted by atomic mass is 9.72. The molecular formula is C41H49N11O7S. The molecule has 0 saturated carbocycles. The summed E-state index contributed by atoms with van der Waals surface area (Å²) in [4.78, 5) is 57.1. The third kappa shape index (κ3) is 8.11. The number of fused-ring (bicyclic) bond motifs is 2. The Kier molecular flexibility index (Phi) is 12.0. The molecule has 18 nitrogen and oxygen atoms in total. The van der Waals surface area contributed by atoms with E-state index in [-0.39, 0.29) is 30.5 Å². The van der Waals surface area contributed by atoms with Crippen molar-refractivity contribution >= 4 is 45.1 Å². The summed E-state index contributed by atoms with van der Waals surface area (Å²) in [5.74, 6) is 1.24. The minimum absolute atomic E-state index is 0.149. The van der Waals surface area contributed by atoms with Gasteiger partial charge >= 0.3 is 5.69 Å². The molecule has 0 bridgehead atoms. The molecule has 2 aliphatic heterocycles. The Morgan fingerprint density at radius 2 is 1.87 bits per heavy atom. The first kappa shape index (κ1) is 41.1. The lowest BCUT2D eigenvalue weighted by Gasteiger charge is -2.30. The minimum Gasteiger partial charge on any atom is -0.491 e. The summed E-state index contributed by atoms with van der Waals surface area (Å²) in [6, 6.07) is 8.78. The quantitative estimate of drug-likeness (QED) is 0.121. The highest BCUT2D eigenvalue weighted by molar-refractivity contribution is 7.16. The van der Waals surface area contributed by atoms with Crippen LogP contribution in [-0.2, 0) is 37.9 Å². The van der Waals surface area contributed by atoms with E-state index in [1.165, 1.54) is 20.5 Å². The largest absolute Gasteiger partial charge is 0.491 e. The van der Waals surface area contributed by atoms with E-state index in [2.05, 4.69) is 38.3 Å². The number of nitrogens with two attached hydrogens (primary N) is 1. The number of hydrogen-bond acceptors (Lipinski definition) is 16. The van der Waals surface area contributed by atoms with Crippen LogP contribution in [0.3, 0.4) is 0 Å². The second kappa shape index (κ2) is 17.5. The number of benzene rings is 1. The van der Waals surface area contributed by atoms with Crippen molar-refractivity contribution in [1.82, 2.24) is 39.5 Å². The van der Waals surface area contributed by atoms with Gasteiger partial charge in [-0.05, 0) is 70.7 Å². The minimum atomic E-state index is -0.737. The number of amides is 2. The van der Waals surface area contributed by atoms with Gasteiger partial charge in [-0.25, -0.2) is 14.8 Å². The van der Waals surface area contributed by atoms with Crippen molar-refractivity contribution in [2.75, 3.05) is 69.8 Å². The van der Waals surface area contributed by atoms with Crippen LogP contribution < -0.4 is 26.4 Å². The SMILES string of the molecule is C[C@H]1CN(CCOCCOCCOc2ccc3c(c2)n(C)c(=O)n3C2CCC(=O)NC2=O)CCCN1c1nccc(-c2noc([C@]3(C)CCCc4sc(N)c(C#N)c43)n2)n1. The van der Waals surface area contributed by atoms with Crippen molar-refractivity contribution in [2.45, 2.75) is 69.9 Å². The maximum absolute atomic E-state index is 13.0. The highest BCUT2D eigenvalue weighted by Crippen LogP contribution is 2.48. The third-order valence-electron chi connectivity index (χ3n) is 11.7. The van der Waals surface area contributed by atoms with Crippen molar-refractivity contribution < 1.29 is 28.3 Å². The fraction of sp³-hybridized carbons (Fsp3) is 0.512. The van der Waals surface area contributed by atoms with Crippen LogP contribution in [0.15, 0.2) is 39.8 Å². The Bertz CT molecular complexity index is 2490. The number of piperidine rings is 1. The van der Waals surface area contributed by atoms with E-state index >= 15 is 0 Å². The maximum Gasteiger partial charge on any atom is 0.329 e. The fourth-order valence-corrected chi connectivity index (χ4v) is 9.81. The van der Waals surface area contributed by atoms with Gasteiger partial charge in [-0.3, -0.25) is 28.9 Å². The van der Waals surface area contributed by atoms with Gasteiger partial charge < -0.3 is 29.4 Å². The van der Waals surface area contributed by atoms with Gasteiger partial charge in [0.1, 0.15) is 35.2 Å². The van der Waals surface area contributed by atoms with Crippen LogP contribution in [-0.4, -0.2) is 111 Å². The molecule has 1 unspecified atom stereocenters. The lowest BCUT2D eigenvalue weighted by Crippen LogP contribution is -2.44. The zero-order valence-corrected chi connectivity index (χ0v) is 34.8. The van der Waals surface area contributed by atoms with Crippen LogP contribution in [0.25, 0.3) is 22.6 Å². The van der Waals surface area contributed by atoms with Crippen molar-refractivity contribution in [3.8, 4) is 23.3 Å². The van der Waals surface area contributed by atoms with Crippen molar-refractivity contribution in [3.63, 3.8) is 0 Å². The number of anilines is 2. The Hall–Kier alpha value is -5.68. The molecule has 0 spiro atoms. The molecule has 8 rings (SSSR count). The summed E-state index contributed by atoms with van der Waals surface area (Å²) in [6.07, 6.45) is 5.72. The molecule has 1 aromatic carbocycles. The van der Waals surface area contributed by atoms with Gasteiger partial charge in [0.15, 0.2) is 0 Å². The fourth-order valence-electron chi connectivity index (χ4n) is 8.62. The molecular weight excluding hydrogens is 791 g/mol. The summed E-state index contributed by atoms with van der Waals surface area (Å²) >= 11 is 1.48. The average molecular weight is 840 g/mol. The van der Waals surface area contributed by atoms with Crippen molar-refractivity contribution in [1.29, 1.82) is 5.26 Å². The Balaban J connectivity index is 0.770. The third-order valence-corrected chi connectivity index (χ3v) is 12.8. The number of hydrogen-bond donors (Lipinski definition) is 2. The van der Waals surface area contributed by atoms with Crippen LogP contribution in [0.2, 0.25) is 0 Å². The second-order valence-electron chi connectivity index (χ2n) is 15.7. The van der Waals surface area contributed by atoms with Crippen LogP contribution in [0.4, 0.5) is 10.9 Å². The van der Waals surface area contributed by atoms with Gasteiger partial charge in [-0.1, -0.05) is 5.16 Å². The highest BCUT2D eigenvalue weighted by atomic mass is 32.1. The van der Waals surface area contributed by atoms with Gasteiger partial charge in [0.25, 0.3) is 0 Å². The van der Waals surface area contributed by atoms with Gasteiger partial charge in [0.05, 0.1) is 48.4 Å². The monoisotopic (exact) mass is 839 g/mol. The number of nitriles is 1. The van der Waals surface area contributed by atoms with Crippen LogP contribution in [0.5, 0.6) is 5.75 Å². The van der Waals surface area contributed by atoms with Gasteiger partial charge in [0, 0.05) is 61.8 Å². The number of imidazole rings is 1. The van der Waals surface area contributed by atoms with Crippen molar-refractivity contribution in [2.24, 2.45) is 7.05 Å². The molecule has 316 valence electrons. The predicted molar refractivity (Wildman–Crippen MR) is 222 cm³/mol. The zero-order valence-electron chi connectivity index (χ0n) is 34.0. The van der Waals surface area contributed by atoms with E-state index in [0.717, 1.165) is 62.3 Å². The number of imide groups is 1. The van der Waals surface area contributed by atoms with E-state index in [4.69, 9.17) is 34.4 Å². The first-order chi connectivity index (χ1) is 29.0. The summed E-state index contributed by atoms with van der Waals surface area (Å²) in [7, 11) is 1.65. The molecule has 3 N–H and O–H groups in total. The van der Waals surface area contributed by atoms with E-state index in [1.807, 2.05) is 6.92 Å². The molecule has 0 radical (unpaired) electrons. The predicted octanol–water partition coefficient (Wildman–Crippen LogP) is 3.33. The molecule has 60 heavy (non-hydrogen) atoms. The molecule has 3 atom stereocenters. The first-order valence-corrected chi connectivity index (χ1v) is 21.2. The normalized spacial score (nSPS) is 21.1. The Morgan fingerprint density at radius 1 is 1.05 bits per heavy atom. The van der Waals surface area contributed by atoms with Crippen molar-refractivity contribution in [3.05, 3.63) is 62.8 Å². The summed E-state index contributed by atoms with van der Waals surface area (Å²) in [5.41, 5.74) is 8.52. The molecule has 3 aliphatic rings. The number of nitrogens with one attached hydrogen (secondary N) is 1. The number of carbonyl (C=O) groups is 2. The van der Waals surface area contributed by atoms with Crippen LogP contribution in [0, 0.1) is 11.3 Å². The number of ether oxygens (including phenoxy) is 3.